The Labute approximate surface area is 105 Å². The Morgan fingerprint density at radius 2 is 2.06 bits per heavy atom. The fourth-order valence-electron chi connectivity index (χ4n) is 2.21. The number of nitrogens with two attached hydrogens (primary N) is 1. The maximum absolute atomic E-state index is 6.15. The minimum atomic E-state index is 0.680. The van der Waals surface area contributed by atoms with Crippen LogP contribution in [0.2, 0.25) is 5.02 Å². The van der Waals surface area contributed by atoms with E-state index in [-0.39, 0.29) is 0 Å². The standard InChI is InChI=1S/C13H12ClN3/c14-11-4-2-6-16-13(11)17-7-9-3-1-5-12(15)10(9)8-17/h1-6H,7-8,15H2. The normalized spacial score (nSPS) is 13.8. The lowest BCUT2D eigenvalue weighted by molar-refractivity contribution is 0.857. The summed E-state index contributed by atoms with van der Waals surface area (Å²) >= 11 is 6.15. The molecule has 17 heavy (non-hydrogen) atoms. The van der Waals surface area contributed by atoms with E-state index in [1.807, 2.05) is 24.3 Å². The first kappa shape index (κ1) is 10.4. The second-order valence-corrected chi connectivity index (χ2v) is 4.56. The maximum atomic E-state index is 6.15. The van der Waals surface area contributed by atoms with Crippen LogP contribution in [-0.4, -0.2) is 4.98 Å². The van der Waals surface area contributed by atoms with Gasteiger partial charge in [0, 0.05) is 25.0 Å². The van der Waals surface area contributed by atoms with Gasteiger partial charge in [-0.2, -0.15) is 0 Å². The SMILES string of the molecule is Nc1cccc2c1CN(c1ncccc1Cl)C2. The van der Waals surface area contributed by atoms with Crippen LogP contribution in [0.5, 0.6) is 0 Å². The van der Waals surface area contributed by atoms with Crippen molar-refractivity contribution in [1.29, 1.82) is 0 Å². The highest BCUT2D eigenvalue weighted by Crippen LogP contribution is 2.33. The smallest absolute Gasteiger partial charge is 0.147 e. The average molecular weight is 246 g/mol. The summed E-state index contributed by atoms with van der Waals surface area (Å²) in [5.41, 5.74) is 9.26. The molecule has 4 heteroatoms. The Morgan fingerprint density at radius 3 is 2.82 bits per heavy atom. The highest BCUT2D eigenvalue weighted by Gasteiger charge is 2.22. The third-order valence-corrected chi connectivity index (χ3v) is 3.35. The molecule has 0 saturated carbocycles. The zero-order valence-electron chi connectivity index (χ0n) is 9.23. The number of aromatic nitrogens is 1. The third-order valence-electron chi connectivity index (χ3n) is 3.06. The average Bonchev–Trinajstić information content (AvgIpc) is 2.75. The van der Waals surface area contributed by atoms with Crippen LogP contribution in [0.25, 0.3) is 0 Å². The molecule has 2 N–H and O–H groups in total. The Morgan fingerprint density at radius 1 is 1.18 bits per heavy atom. The predicted molar refractivity (Wildman–Crippen MR) is 70.0 cm³/mol. The number of hydrogen-bond donors (Lipinski definition) is 1. The van der Waals surface area contributed by atoms with E-state index < -0.39 is 0 Å². The molecule has 1 aromatic carbocycles. The van der Waals surface area contributed by atoms with E-state index in [0.29, 0.717) is 5.02 Å². The minimum absolute atomic E-state index is 0.680. The van der Waals surface area contributed by atoms with E-state index >= 15 is 0 Å². The van der Waals surface area contributed by atoms with Gasteiger partial charge in [0.2, 0.25) is 0 Å². The topological polar surface area (TPSA) is 42.1 Å². The molecule has 86 valence electrons. The summed E-state index contributed by atoms with van der Waals surface area (Å²) < 4.78 is 0. The molecule has 0 atom stereocenters. The second-order valence-electron chi connectivity index (χ2n) is 4.15. The van der Waals surface area contributed by atoms with Gasteiger partial charge in [-0.15, -0.1) is 0 Å². The molecule has 0 saturated heterocycles. The maximum Gasteiger partial charge on any atom is 0.147 e. The largest absolute Gasteiger partial charge is 0.398 e. The van der Waals surface area contributed by atoms with E-state index in [9.17, 15) is 0 Å². The van der Waals surface area contributed by atoms with Crippen molar-refractivity contribution in [2.75, 3.05) is 10.6 Å². The molecule has 0 unspecified atom stereocenters. The van der Waals surface area contributed by atoms with Gasteiger partial charge in [-0.25, -0.2) is 4.98 Å². The van der Waals surface area contributed by atoms with E-state index in [2.05, 4.69) is 16.0 Å². The zero-order valence-corrected chi connectivity index (χ0v) is 9.98. The quantitative estimate of drug-likeness (QED) is 0.786. The van der Waals surface area contributed by atoms with Gasteiger partial charge in [0.25, 0.3) is 0 Å². The van der Waals surface area contributed by atoms with Gasteiger partial charge in [-0.3, -0.25) is 0 Å². The lowest BCUT2D eigenvalue weighted by Crippen LogP contribution is -2.16. The fraction of sp³-hybridized carbons (Fsp3) is 0.154. The van der Waals surface area contributed by atoms with Gasteiger partial charge in [0.05, 0.1) is 5.02 Å². The highest BCUT2D eigenvalue weighted by molar-refractivity contribution is 6.32. The first-order valence-corrected chi connectivity index (χ1v) is 5.85. The molecular formula is C13H12ClN3. The van der Waals surface area contributed by atoms with Crippen LogP contribution in [0.1, 0.15) is 11.1 Å². The van der Waals surface area contributed by atoms with Crippen molar-refractivity contribution < 1.29 is 0 Å². The number of nitrogens with zero attached hydrogens (tertiary/aromatic N) is 2. The minimum Gasteiger partial charge on any atom is -0.398 e. The lowest BCUT2D eigenvalue weighted by Gasteiger charge is -2.17. The van der Waals surface area contributed by atoms with Crippen molar-refractivity contribution >= 4 is 23.1 Å². The van der Waals surface area contributed by atoms with Crippen molar-refractivity contribution in [1.82, 2.24) is 4.98 Å². The first-order valence-electron chi connectivity index (χ1n) is 5.47. The Hall–Kier alpha value is -1.74. The van der Waals surface area contributed by atoms with Crippen LogP contribution in [0.15, 0.2) is 36.5 Å². The van der Waals surface area contributed by atoms with Crippen molar-refractivity contribution in [2.45, 2.75) is 13.1 Å². The molecule has 1 aliphatic rings. The molecule has 1 aliphatic heterocycles. The number of anilines is 2. The molecule has 0 radical (unpaired) electrons. The molecule has 3 rings (SSSR count). The molecular weight excluding hydrogens is 234 g/mol. The molecule has 2 aromatic rings. The summed E-state index contributed by atoms with van der Waals surface area (Å²) in [6.45, 7) is 1.59. The van der Waals surface area contributed by atoms with Crippen molar-refractivity contribution in [2.24, 2.45) is 0 Å². The molecule has 0 fully saturated rings. The number of benzene rings is 1. The van der Waals surface area contributed by atoms with Crippen LogP contribution in [0, 0.1) is 0 Å². The van der Waals surface area contributed by atoms with Crippen LogP contribution < -0.4 is 10.6 Å². The van der Waals surface area contributed by atoms with Crippen LogP contribution in [-0.2, 0) is 13.1 Å². The van der Waals surface area contributed by atoms with Gasteiger partial charge in [0.1, 0.15) is 5.82 Å². The molecule has 0 spiro atoms. The van der Waals surface area contributed by atoms with Crippen LogP contribution >= 0.6 is 11.6 Å². The lowest BCUT2D eigenvalue weighted by atomic mass is 10.1. The van der Waals surface area contributed by atoms with Gasteiger partial charge in [-0.1, -0.05) is 23.7 Å². The highest BCUT2D eigenvalue weighted by atomic mass is 35.5. The Kier molecular flexibility index (Phi) is 2.41. The summed E-state index contributed by atoms with van der Waals surface area (Å²) in [7, 11) is 0. The fourth-order valence-corrected chi connectivity index (χ4v) is 2.45. The molecule has 1 aromatic heterocycles. The Balaban J connectivity index is 1.97. The summed E-state index contributed by atoms with van der Waals surface area (Å²) in [5, 5.41) is 0.680. The van der Waals surface area contributed by atoms with Crippen molar-refractivity contribution in [3.63, 3.8) is 0 Å². The van der Waals surface area contributed by atoms with Crippen molar-refractivity contribution in [3.05, 3.63) is 52.7 Å². The Bertz CT molecular complexity index is 568. The van der Waals surface area contributed by atoms with Crippen molar-refractivity contribution in [3.8, 4) is 0 Å². The van der Waals surface area contributed by atoms with E-state index in [4.69, 9.17) is 17.3 Å². The van der Waals surface area contributed by atoms with E-state index in [1.54, 1.807) is 6.20 Å². The van der Waals surface area contributed by atoms with E-state index in [1.165, 1.54) is 11.1 Å². The number of rotatable bonds is 1. The van der Waals surface area contributed by atoms with Crippen LogP contribution in [0.4, 0.5) is 11.5 Å². The van der Waals surface area contributed by atoms with Gasteiger partial charge in [-0.05, 0) is 29.3 Å². The van der Waals surface area contributed by atoms with Gasteiger partial charge >= 0.3 is 0 Å². The van der Waals surface area contributed by atoms with Crippen LogP contribution in [0.3, 0.4) is 0 Å². The molecule has 0 amide bonds. The number of halogens is 1. The molecule has 0 bridgehead atoms. The number of hydrogen-bond acceptors (Lipinski definition) is 3. The first-order chi connectivity index (χ1) is 8.25. The second kappa shape index (κ2) is 3.93. The molecule has 2 heterocycles. The monoisotopic (exact) mass is 245 g/mol. The summed E-state index contributed by atoms with van der Waals surface area (Å²) in [4.78, 5) is 6.47. The summed E-state index contributed by atoms with van der Waals surface area (Å²) in [6.07, 6.45) is 1.76. The predicted octanol–water partition coefficient (Wildman–Crippen LogP) is 2.84. The number of pyridine rings is 1. The van der Waals surface area contributed by atoms with Gasteiger partial charge < -0.3 is 10.6 Å². The zero-order chi connectivity index (χ0) is 11.8. The third kappa shape index (κ3) is 1.72. The van der Waals surface area contributed by atoms with Gasteiger partial charge in [0.15, 0.2) is 0 Å². The molecule has 0 aliphatic carbocycles. The summed E-state index contributed by atoms with van der Waals surface area (Å²) in [6, 6.07) is 9.71. The summed E-state index contributed by atoms with van der Waals surface area (Å²) in [5.74, 6) is 0.824. The number of nitrogen functional groups attached to an aromatic ring is 1. The van der Waals surface area contributed by atoms with E-state index in [0.717, 1.165) is 24.6 Å². The number of fused-ring (bicyclic) bond motifs is 1. The molecule has 3 nitrogen and oxygen atoms in total.